The van der Waals surface area contributed by atoms with Gasteiger partial charge in [0.25, 0.3) is 0 Å². The number of ether oxygens (including phenoxy) is 6. The van der Waals surface area contributed by atoms with Crippen LogP contribution in [-0.4, -0.2) is 74.8 Å². The van der Waals surface area contributed by atoms with Gasteiger partial charge in [-0.25, -0.2) is 0 Å². The van der Waals surface area contributed by atoms with Crippen molar-refractivity contribution in [3.05, 3.63) is 325 Å². The monoisotopic (exact) mass is 1700 g/mol. The fourth-order valence-electron chi connectivity index (χ4n) is 13.0. The molecule has 13 rings (SSSR count). The van der Waals surface area contributed by atoms with Gasteiger partial charge in [-0.1, -0.05) is 255 Å². The van der Waals surface area contributed by atoms with E-state index in [1.807, 2.05) is 72.8 Å². The fourth-order valence-corrected chi connectivity index (χ4v) is 13.0. The molecule has 0 aliphatic heterocycles. The molecule has 129 heavy (non-hydrogen) atoms. The van der Waals surface area contributed by atoms with Crippen LogP contribution in [0.25, 0.3) is 97.0 Å². The van der Waals surface area contributed by atoms with Crippen molar-refractivity contribution in [1.29, 1.82) is 0 Å². The van der Waals surface area contributed by atoms with Crippen LogP contribution in [0.1, 0.15) is 217 Å². The van der Waals surface area contributed by atoms with E-state index in [0.717, 1.165) is 117 Å². The first-order valence-electron chi connectivity index (χ1n) is 44.6. The van der Waals surface area contributed by atoms with Gasteiger partial charge < -0.3 is 43.7 Å². The molecule has 18 bridgehead atoms. The van der Waals surface area contributed by atoms with Crippen molar-refractivity contribution in [2.24, 2.45) is 0 Å². The van der Waals surface area contributed by atoms with E-state index in [9.17, 15) is 15.3 Å². The first-order valence-corrected chi connectivity index (χ1v) is 44.6. The van der Waals surface area contributed by atoms with E-state index >= 15 is 0 Å². The highest BCUT2D eigenvalue weighted by Crippen LogP contribution is 2.36. The van der Waals surface area contributed by atoms with Crippen molar-refractivity contribution in [2.45, 2.75) is 216 Å². The predicted octanol–water partition coefficient (Wildman–Crippen LogP) is 26.8. The zero-order chi connectivity index (χ0) is 93.1. The normalized spacial score (nSPS) is 11.0. The molecule has 0 radical (unpaired) electrons. The molecule has 0 saturated carbocycles. The Labute approximate surface area is 770 Å². The summed E-state index contributed by atoms with van der Waals surface area (Å²) in [5.41, 5.74) is 4.76. The smallest absolute Gasteiger partial charge is 0.136 e. The van der Waals surface area contributed by atoms with Gasteiger partial charge in [-0.3, -0.25) is 0 Å². The van der Waals surface area contributed by atoms with Crippen molar-refractivity contribution in [3.63, 3.8) is 0 Å². The lowest BCUT2D eigenvalue weighted by molar-refractivity contribution is 0.234. The molecule has 9 heteroatoms. The second-order valence-corrected chi connectivity index (χ2v) is 38.2. The Morgan fingerprint density at radius 2 is 0.326 bits per heavy atom. The van der Waals surface area contributed by atoms with E-state index in [1.54, 1.807) is 0 Å². The highest BCUT2D eigenvalue weighted by Gasteiger charge is 2.20. The van der Waals surface area contributed by atoms with Crippen molar-refractivity contribution < 1.29 is 43.7 Å². The Morgan fingerprint density at radius 3 is 0.457 bits per heavy atom. The summed E-state index contributed by atoms with van der Waals surface area (Å²) in [7, 11) is 0. The maximum absolute atomic E-state index is 9.97. The molecule has 0 aliphatic carbocycles. The lowest BCUT2D eigenvalue weighted by Crippen LogP contribution is -2.10. The zero-order valence-electron chi connectivity index (χ0n) is 79.3. The molecule has 0 atom stereocenters. The number of hydrogen-bond donors (Lipinski definition) is 3. The first kappa shape index (κ1) is 97.6. The summed E-state index contributed by atoms with van der Waals surface area (Å²) in [6.07, 6.45) is 3.49. The standard InChI is InChI=1S/C120H120O9/c1-22-55-124-109-79-100-49-43-94-64-88(70-106(76-94)118(13,14)15)37-28-27-36-87-63-93(75-105(69-87)117(10,11)12)42-48-99-84-114(129-60-33-54-123)102(81-111(99)126-57-24-3)51-45-96-66-90(72-108(78-96)120(19,20)21)39-30-29-38-89-65-95(77-107(71-89)119(16,17)18)44-50-101-80-110(125-56-23-2)98(83-113(101)128-59-32-53-122)47-41-92-62-86(68-104(74-92)116(7,8)9)35-26-25-34-85-61-91(73-103(67-85)115(4,5)6)40-46-97(109)82-112(100)127-58-31-52-121/h61-84,121-123H,22-24,31-33,52-60H2,1-21H3. The SMILES string of the molecule is CCCOc1cc2c#cc3cc(C(C)(C)C)cc(c#cc#cc4cc(C(C)(C)C)cc(c#cc5cc(OCCCO)c(c#cc6cc(C(C)(C)C)cc(c#cc#cc7cc(C(C)(C)C)cc(c#cc8cc(OCCC)c(c#cc9cc(C(C)(C)C)cc(c#cc#cc%10cc(C(C)(C)C)cc(c#cc1cc2OCCCO)c%10)c9)cc8OCCCO)c7)c6)cc5OCCC)c4)c3. The highest BCUT2D eigenvalue weighted by atomic mass is 16.5. The van der Waals surface area contributed by atoms with Crippen LogP contribution in [0.5, 0.6) is 34.5 Å². The quantitative estimate of drug-likeness (QED) is 0.0605. The largest absolute Gasteiger partial charge is 0.492 e. The van der Waals surface area contributed by atoms with Gasteiger partial charge in [0, 0.05) is 140 Å². The topological polar surface area (TPSA) is 116 Å². The summed E-state index contributed by atoms with van der Waals surface area (Å²) >= 11 is 0. The van der Waals surface area contributed by atoms with Crippen LogP contribution in [0.3, 0.4) is 0 Å². The van der Waals surface area contributed by atoms with Gasteiger partial charge in [-0.15, -0.1) is 0 Å². The predicted molar refractivity (Wildman–Crippen MR) is 526 cm³/mol. The molecule has 0 fully saturated rings. The van der Waals surface area contributed by atoms with Gasteiger partial charge in [-0.2, -0.15) is 0 Å². The molecule has 9 nitrogen and oxygen atoms in total. The minimum atomic E-state index is -0.258. The highest BCUT2D eigenvalue weighted by molar-refractivity contribution is 5.82. The maximum Gasteiger partial charge on any atom is 0.136 e. The minimum Gasteiger partial charge on any atom is -0.492 e. The third-order valence-corrected chi connectivity index (χ3v) is 20.6. The number of aliphatic hydroxyl groups is 3. The lowest BCUT2D eigenvalue weighted by atomic mass is 9.86. The van der Waals surface area contributed by atoms with Crippen LogP contribution in [-0.2, 0) is 32.5 Å². The molecule has 13 aromatic rings. The Bertz CT molecular complexity index is 5910. The zero-order valence-corrected chi connectivity index (χ0v) is 79.3. The van der Waals surface area contributed by atoms with Gasteiger partial charge in [0.15, 0.2) is 0 Å². The molecule has 0 unspecified atom stereocenters. The molecule has 13 aromatic carbocycles. The molecule has 0 saturated heterocycles. The van der Waals surface area contributed by atoms with Gasteiger partial charge in [0.1, 0.15) is 34.5 Å². The molecule has 3 N–H and O–H groups in total. The van der Waals surface area contributed by atoms with Gasteiger partial charge in [-0.05, 0) is 231 Å². The van der Waals surface area contributed by atoms with Crippen molar-refractivity contribution in [1.82, 2.24) is 0 Å². The molecule has 0 aliphatic rings. The molecule has 0 aromatic heterocycles. The molecule has 0 amide bonds. The van der Waals surface area contributed by atoms with Gasteiger partial charge in [0.2, 0.25) is 0 Å². The van der Waals surface area contributed by atoms with Crippen LogP contribution in [0, 0.1) is 146 Å². The third-order valence-electron chi connectivity index (χ3n) is 20.6. The molecular formula is C120H120O9. The number of hydrogen-bond acceptors (Lipinski definition) is 9. The van der Waals surface area contributed by atoms with Gasteiger partial charge in [0.05, 0.1) is 72.0 Å². The molecule has 0 heterocycles. The van der Waals surface area contributed by atoms with E-state index in [4.69, 9.17) is 28.4 Å². The summed E-state index contributed by atoms with van der Waals surface area (Å²) < 4.78 is 38.9. The second kappa shape index (κ2) is 44.7. The lowest BCUT2D eigenvalue weighted by Gasteiger charge is -2.18. The average Bonchev–Trinajstić information content (AvgIpc) is 0.834. The Balaban J connectivity index is 1.24. The minimum absolute atomic E-state index is 0.0505. The van der Waals surface area contributed by atoms with Crippen molar-refractivity contribution >= 4 is 97.0 Å². The maximum atomic E-state index is 9.97. The van der Waals surface area contributed by atoms with Crippen molar-refractivity contribution in [2.75, 3.05) is 59.5 Å². The molecule has 0 spiro atoms. The van der Waals surface area contributed by atoms with Gasteiger partial charge >= 0.3 is 0 Å². The van der Waals surface area contributed by atoms with Crippen LogP contribution >= 0.6 is 0 Å². The van der Waals surface area contributed by atoms with E-state index in [2.05, 4.69) is 364 Å². The summed E-state index contributed by atoms with van der Waals surface area (Å²) in [6, 6.07) is 129. The van der Waals surface area contributed by atoms with E-state index in [1.165, 1.54) is 0 Å². The number of benzene rings is 9. The van der Waals surface area contributed by atoms with Crippen LogP contribution in [0.2, 0.25) is 0 Å². The summed E-state index contributed by atoms with van der Waals surface area (Å²) in [6.45, 7) is 47.1. The molecule has 654 valence electrons. The fraction of sp³-hybridized carbons (Fsp3) is 0.350. The van der Waals surface area contributed by atoms with E-state index < -0.39 is 0 Å². The third kappa shape index (κ3) is 29.7. The first-order chi connectivity index (χ1) is 61.4. The van der Waals surface area contributed by atoms with Crippen molar-refractivity contribution in [3.8, 4) is 34.5 Å². The molecular weight excluding hydrogens is 1590 g/mol. The average molecular weight is 1710 g/mol. The van der Waals surface area contributed by atoms with Crippen LogP contribution < -0.4 is 28.4 Å². The number of rotatable bonds is 21. The summed E-state index contributed by atoms with van der Waals surface area (Å²) in [5, 5.41) is 42.6. The summed E-state index contributed by atoms with van der Waals surface area (Å²) in [4.78, 5) is 0. The number of aliphatic hydroxyl groups excluding tert-OH is 3. The Kier molecular flexibility index (Phi) is 33.8. The Hall–Kier alpha value is -13.6. The number of fused-ring (bicyclic) bond motifs is 2. The second-order valence-electron chi connectivity index (χ2n) is 38.2. The van der Waals surface area contributed by atoms with Crippen LogP contribution in [0.4, 0.5) is 0 Å². The summed E-state index contributed by atoms with van der Waals surface area (Å²) in [5.74, 6) is 3.18. The van der Waals surface area contributed by atoms with E-state index in [0.29, 0.717) is 106 Å². The van der Waals surface area contributed by atoms with Crippen LogP contribution in [0.15, 0.2) is 146 Å². The van der Waals surface area contributed by atoms with E-state index in [-0.39, 0.29) is 72.1 Å². The Morgan fingerprint density at radius 1 is 0.186 bits per heavy atom.